The first-order valence-electron chi connectivity index (χ1n) is 5.59. The van der Waals surface area contributed by atoms with Gasteiger partial charge in [-0.2, -0.15) is 5.23 Å². The van der Waals surface area contributed by atoms with Crippen molar-refractivity contribution >= 4 is 11.7 Å². The van der Waals surface area contributed by atoms with Gasteiger partial charge in [-0.1, -0.05) is 19.4 Å². The van der Waals surface area contributed by atoms with Gasteiger partial charge in [0.25, 0.3) is 0 Å². The second-order valence-electron chi connectivity index (χ2n) is 3.89. The highest BCUT2D eigenvalue weighted by atomic mass is 16.8. The molecule has 2 atom stereocenters. The molecule has 0 heterocycles. The first-order valence-corrected chi connectivity index (χ1v) is 5.59. The lowest BCUT2D eigenvalue weighted by molar-refractivity contribution is -0.991. The van der Waals surface area contributed by atoms with Crippen molar-refractivity contribution in [3.63, 3.8) is 0 Å². The van der Waals surface area contributed by atoms with Crippen LogP contribution in [-0.4, -0.2) is 17.3 Å². The van der Waals surface area contributed by atoms with E-state index >= 15 is 0 Å². The molecule has 1 unspecified atom stereocenters. The Hall–Kier alpha value is -1.43. The zero-order valence-corrected chi connectivity index (χ0v) is 9.97. The highest BCUT2D eigenvalue weighted by molar-refractivity contribution is 5.90. The zero-order chi connectivity index (χ0) is 12.8. The molecule has 0 amide bonds. The molecule has 0 saturated carbocycles. The van der Waals surface area contributed by atoms with Gasteiger partial charge in [0, 0.05) is 12.1 Å². The number of nitrogens with one attached hydrogen (secondary N) is 1. The van der Waals surface area contributed by atoms with Gasteiger partial charge in [0.2, 0.25) is 0 Å². The smallest absolute Gasteiger partial charge is 0.338 e. The normalized spacial score (nSPS) is 14.1. The van der Waals surface area contributed by atoms with Crippen molar-refractivity contribution < 1.29 is 20.0 Å². The van der Waals surface area contributed by atoms with Crippen LogP contribution in [0.4, 0.5) is 5.69 Å². The Morgan fingerprint density at radius 2 is 2.29 bits per heavy atom. The van der Waals surface area contributed by atoms with Crippen LogP contribution in [0.1, 0.15) is 37.0 Å². The molecule has 0 saturated heterocycles. The summed E-state index contributed by atoms with van der Waals surface area (Å²) < 4.78 is 5.18. The average molecular weight is 239 g/mol. The summed E-state index contributed by atoms with van der Waals surface area (Å²) >= 11 is 0. The monoisotopic (exact) mass is 239 g/mol. The van der Waals surface area contributed by atoms with E-state index in [2.05, 4.69) is 0 Å². The second-order valence-corrected chi connectivity index (χ2v) is 3.89. The van der Waals surface area contributed by atoms with Crippen LogP contribution < -0.4 is 5.23 Å². The van der Waals surface area contributed by atoms with E-state index < -0.39 is 11.2 Å². The van der Waals surface area contributed by atoms with Crippen LogP contribution in [0.15, 0.2) is 24.3 Å². The third kappa shape index (κ3) is 4.14. The first kappa shape index (κ1) is 13.6. The van der Waals surface area contributed by atoms with Gasteiger partial charge in [0.1, 0.15) is 0 Å². The Morgan fingerprint density at radius 1 is 1.59 bits per heavy atom. The van der Waals surface area contributed by atoms with Crippen molar-refractivity contribution in [3.8, 4) is 0 Å². The lowest BCUT2D eigenvalue weighted by atomic mass is 10.2. The summed E-state index contributed by atoms with van der Waals surface area (Å²) in [4.78, 5) is 11.7. The number of carbonyl (C=O) groups is 1. The SMILES string of the molecule is CCC[C@@H](C)OC(=O)c1cccc([NH+]([O-])O)c1. The number of ether oxygens (including phenoxy) is 1. The molecule has 1 rings (SSSR count). The van der Waals surface area contributed by atoms with Gasteiger partial charge in [-0.15, -0.1) is 0 Å². The molecule has 1 aromatic carbocycles. The topological polar surface area (TPSA) is 74.0 Å². The summed E-state index contributed by atoms with van der Waals surface area (Å²) in [6.45, 7) is 3.83. The summed E-state index contributed by atoms with van der Waals surface area (Å²) in [5.41, 5.74) is 0.357. The summed E-state index contributed by atoms with van der Waals surface area (Å²) in [5, 5.41) is 18.5. The van der Waals surface area contributed by atoms with Gasteiger partial charge in [-0.05, 0) is 19.4 Å². The standard InChI is InChI=1S/C12H17NO4/c1-3-5-9(2)17-12(14)10-6-4-7-11(8-10)13(15)16/h4,6-9,13,15H,3,5H2,1-2H3/t9-/m1/s1. The Bertz CT molecular complexity index is 379. The van der Waals surface area contributed by atoms with Crippen LogP contribution >= 0.6 is 0 Å². The lowest BCUT2D eigenvalue weighted by Crippen LogP contribution is -2.99. The van der Waals surface area contributed by atoms with Crippen molar-refractivity contribution in [2.24, 2.45) is 0 Å². The minimum atomic E-state index is -1.05. The molecule has 0 bridgehead atoms. The number of carbonyl (C=O) groups excluding carboxylic acids is 1. The Labute approximate surface area is 100 Å². The van der Waals surface area contributed by atoms with E-state index in [0.29, 0.717) is 0 Å². The van der Waals surface area contributed by atoms with E-state index in [1.54, 1.807) is 6.07 Å². The fourth-order valence-corrected chi connectivity index (χ4v) is 1.50. The number of esters is 1. The minimum absolute atomic E-state index is 0.0857. The first-order chi connectivity index (χ1) is 8.04. The van der Waals surface area contributed by atoms with E-state index in [4.69, 9.17) is 9.94 Å². The molecule has 5 nitrogen and oxygen atoms in total. The van der Waals surface area contributed by atoms with Gasteiger partial charge in [-0.3, -0.25) is 0 Å². The van der Waals surface area contributed by atoms with Gasteiger partial charge >= 0.3 is 5.97 Å². The Kier molecular flexibility index (Phi) is 5.09. The number of quaternary nitrogens is 1. The summed E-state index contributed by atoms with van der Waals surface area (Å²) in [6, 6.07) is 5.84. The van der Waals surface area contributed by atoms with E-state index in [1.165, 1.54) is 18.2 Å². The third-order valence-corrected chi connectivity index (χ3v) is 2.35. The third-order valence-electron chi connectivity index (χ3n) is 2.35. The number of hydrogen-bond acceptors (Lipinski definition) is 4. The summed E-state index contributed by atoms with van der Waals surface area (Å²) in [6.07, 6.45) is 1.58. The van der Waals surface area contributed by atoms with Crippen LogP contribution in [-0.2, 0) is 4.74 Å². The van der Waals surface area contributed by atoms with Crippen molar-refractivity contribution in [1.29, 1.82) is 0 Å². The second kappa shape index (κ2) is 6.34. The molecule has 17 heavy (non-hydrogen) atoms. The largest absolute Gasteiger partial charge is 0.595 e. The average Bonchev–Trinajstić information content (AvgIpc) is 2.29. The molecule has 1 aromatic rings. The molecule has 0 spiro atoms. The Morgan fingerprint density at radius 3 is 2.88 bits per heavy atom. The van der Waals surface area contributed by atoms with Crippen molar-refractivity contribution in [3.05, 3.63) is 35.0 Å². The number of benzene rings is 1. The van der Waals surface area contributed by atoms with E-state index in [9.17, 15) is 10.0 Å². The van der Waals surface area contributed by atoms with Crippen molar-refractivity contribution in [2.45, 2.75) is 32.8 Å². The Balaban J connectivity index is 2.72. The molecule has 2 N–H and O–H groups in total. The van der Waals surface area contributed by atoms with Crippen LogP contribution in [0.5, 0.6) is 0 Å². The van der Waals surface area contributed by atoms with Gasteiger partial charge in [0.15, 0.2) is 5.69 Å². The van der Waals surface area contributed by atoms with Crippen LogP contribution in [0.3, 0.4) is 0 Å². The molecule has 0 aliphatic heterocycles. The highest BCUT2D eigenvalue weighted by Gasteiger charge is 2.13. The maximum absolute atomic E-state index is 11.7. The van der Waals surface area contributed by atoms with Crippen LogP contribution in [0.25, 0.3) is 0 Å². The maximum Gasteiger partial charge on any atom is 0.338 e. The quantitative estimate of drug-likeness (QED) is 0.602. The zero-order valence-electron chi connectivity index (χ0n) is 9.97. The lowest BCUT2D eigenvalue weighted by Gasteiger charge is -2.14. The van der Waals surface area contributed by atoms with Gasteiger partial charge in [0.05, 0.1) is 11.7 Å². The van der Waals surface area contributed by atoms with Gasteiger partial charge < -0.3 is 9.94 Å². The molecule has 94 valence electrons. The van der Waals surface area contributed by atoms with Crippen molar-refractivity contribution in [2.75, 3.05) is 0 Å². The number of hydrogen-bond donors (Lipinski definition) is 2. The highest BCUT2D eigenvalue weighted by Crippen LogP contribution is 2.10. The molecular weight excluding hydrogens is 222 g/mol. The predicted molar refractivity (Wildman–Crippen MR) is 62.0 cm³/mol. The van der Waals surface area contributed by atoms with Gasteiger partial charge in [-0.25, -0.2) is 10.0 Å². The molecule has 0 aromatic heterocycles. The van der Waals surface area contributed by atoms with E-state index in [-0.39, 0.29) is 17.4 Å². The molecular formula is C12H17NO4. The number of rotatable bonds is 5. The van der Waals surface area contributed by atoms with E-state index in [0.717, 1.165) is 12.8 Å². The maximum atomic E-state index is 11.7. The molecule has 0 aliphatic carbocycles. The molecule has 0 aliphatic rings. The van der Waals surface area contributed by atoms with Crippen LogP contribution in [0.2, 0.25) is 0 Å². The molecule has 0 fully saturated rings. The fraction of sp³-hybridized carbons (Fsp3) is 0.417. The fourth-order valence-electron chi connectivity index (χ4n) is 1.50. The molecule has 5 heteroatoms. The minimum Gasteiger partial charge on any atom is -0.595 e. The van der Waals surface area contributed by atoms with Crippen molar-refractivity contribution in [1.82, 2.24) is 0 Å². The predicted octanol–water partition coefficient (Wildman–Crippen LogP) is 1.44. The summed E-state index contributed by atoms with van der Waals surface area (Å²) in [5.74, 6) is -0.478. The molecule has 0 radical (unpaired) electrons. The van der Waals surface area contributed by atoms with Crippen LogP contribution in [0, 0.1) is 5.21 Å². The van der Waals surface area contributed by atoms with E-state index in [1.807, 2.05) is 13.8 Å². The summed E-state index contributed by atoms with van der Waals surface area (Å²) in [7, 11) is 0.